The van der Waals surface area contributed by atoms with Gasteiger partial charge >= 0.3 is 0 Å². The molecule has 0 saturated heterocycles. The summed E-state index contributed by atoms with van der Waals surface area (Å²) in [5.41, 5.74) is 19.0. The molecule has 66 heavy (non-hydrogen) atoms. The lowest BCUT2D eigenvalue weighted by molar-refractivity contribution is 0.670. The van der Waals surface area contributed by atoms with Crippen molar-refractivity contribution in [2.45, 2.75) is 0 Å². The third-order valence-corrected chi connectivity index (χ3v) is 12.9. The summed E-state index contributed by atoms with van der Waals surface area (Å²) >= 11 is 0. The SMILES string of the molecule is c1ccc(-c2cccc(-c3ccccc3-c3ccc(N(c4ccc(-c5ccc(-c6ccc7ccccc7c6)cc5)cc4)c4ccc(-c5ccccc5)c5oc6ccccc6c45)cc3)c2)cc1. The van der Waals surface area contributed by atoms with Gasteiger partial charge in [-0.1, -0.05) is 206 Å². The molecule has 11 aromatic carbocycles. The lowest BCUT2D eigenvalue weighted by atomic mass is 9.92. The Kier molecular flexibility index (Phi) is 9.89. The summed E-state index contributed by atoms with van der Waals surface area (Å²) in [6, 6.07) is 93.7. The summed E-state index contributed by atoms with van der Waals surface area (Å²) in [5, 5.41) is 4.66. The van der Waals surface area contributed by atoms with Crippen molar-refractivity contribution in [3.63, 3.8) is 0 Å². The highest BCUT2D eigenvalue weighted by molar-refractivity contribution is 6.17. The van der Waals surface area contributed by atoms with E-state index in [9.17, 15) is 0 Å². The van der Waals surface area contributed by atoms with Crippen molar-refractivity contribution in [3.05, 3.63) is 261 Å². The molecule has 1 aromatic heterocycles. The molecule has 2 heteroatoms. The number of nitrogens with zero attached hydrogens (tertiary/aromatic N) is 1. The molecule has 0 spiro atoms. The lowest BCUT2D eigenvalue weighted by Gasteiger charge is -2.27. The zero-order chi connectivity index (χ0) is 43.8. The maximum atomic E-state index is 6.78. The minimum atomic E-state index is 0.864. The van der Waals surface area contributed by atoms with Gasteiger partial charge in [-0.2, -0.15) is 0 Å². The molecular weight excluding hydrogens is 799 g/mol. The second-order valence-electron chi connectivity index (χ2n) is 16.9. The average molecular weight is 842 g/mol. The second-order valence-corrected chi connectivity index (χ2v) is 16.9. The maximum absolute atomic E-state index is 6.78. The van der Waals surface area contributed by atoms with Gasteiger partial charge in [0.05, 0.1) is 11.1 Å². The first-order valence-corrected chi connectivity index (χ1v) is 22.6. The lowest BCUT2D eigenvalue weighted by Crippen LogP contribution is -2.10. The van der Waals surface area contributed by atoms with Gasteiger partial charge in [-0.25, -0.2) is 0 Å². The van der Waals surface area contributed by atoms with E-state index in [1.807, 2.05) is 6.07 Å². The third-order valence-electron chi connectivity index (χ3n) is 12.9. The fraction of sp³-hybridized carbons (Fsp3) is 0. The predicted octanol–water partition coefficient (Wildman–Crippen LogP) is 18.2. The summed E-state index contributed by atoms with van der Waals surface area (Å²) in [6.07, 6.45) is 0. The van der Waals surface area contributed by atoms with Crippen LogP contribution in [0.1, 0.15) is 0 Å². The second kappa shape index (κ2) is 16.8. The van der Waals surface area contributed by atoms with Crippen molar-refractivity contribution in [1.82, 2.24) is 0 Å². The van der Waals surface area contributed by atoms with E-state index in [0.29, 0.717) is 0 Å². The Morgan fingerprint density at radius 3 is 1.45 bits per heavy atom. The standard InChI is InChI=1S/C64H43NO/c1-3-14-44(15-4-1)52-20-13-21-54(43-52)58-23-10-9-22-57(58)50-34-38-56(39-35-50)65(61-41-40-59(49-17-5-2-6-18-49)64-63(61)60-24-11-12-25-62(60)66-64)55-36-32-47(33-37-55)46-26-28-48(29-27-46)53-31-30-45-16-7-8-19-51(45)42-53/h1-43H. The van der Waals surface area contributed by atoms with Gasteiger partial charge in [0.15, 0.2) is 0 Å². The van der Waals surface area contributed by atoms with Crippen LogP contribution >= 0.6 is 0 Å². The number of fused-ring (bicyclic) bond motifs is 4. The minimum Gasteiger partial charge on any atom is -0.455 e. The zero-order valence-corrected chi connectivity index (χ0v) is 36.2. The summed E-state index contributed by atoms with van der Waals surface area (Å²) in [4.78, 5) is 2.38. The molecule has 2 nitrogen and oxygen atoms in total. The molecule has 0 aliphatic heterocycles. The Balaban J connectivity index is 0.955. The van der Waals surface area contributed by atoms with E-state index in [0.717, 1.165) is 61.3 Å². The van der Waals surface area contributed by atoms with Crippen LogP contribution in [-0.2, 0) is 0 Å². The van der Waals surface area contributed by atoms with Crippen molar-refractivity contribution in [3.8, 4) is 66.8 Å². The molecule has 0 aliphatic carbocycles. The first-order chi connectivity index (χ1) is 32.7. The molecule has 0 atom stereocenters. The normalized spacial score (nSPS) is 11.3. The van der Waals surface area contributed by atoms with Crippen LogP contribution in [0.2, 0.25) is 0 Å². The molecule has 0 saturated carbocycles. The molecule has 310 valence electrons. The topological polar surface area (TPSA) is 16.4 Å². The van der Waals surface area contributed by atoms with Crippen LogP contribution in [-0.4, -0.2) is 0 Å². The molecule has 0 bridgehead atoms. The van der Waals surface area contributed by atoms with Crippen LogP contribution < -0.4 is 4.90 Å². The van der Waals surface area contributed by atoms with Crippen molar-refractivity contribution in [2.75, 3.05) is 4.90 Å². The van der Waals surface area contributed by atoms with Gasteiger partial charge < -0.3 is 9.32 Å². The highest BCUT2D eigenvalue weighted by Crippen LogP contribution is 2.47. The van der Waals surface area contributed by atoms with E-state index in [1.165, 1.54) is 55.3 Å². The summed E-state index contributed by atoms with van der Waals surface area (Å²) < 4.78 is 6.78. The first-order valence-electron chi connectivity index (χ1n) is 22.6. The molecule has 0 radical (unpaired) electrons. The molecule has 12 aromatic rings. The number of hydrogen-bond acceptors (Lipinski definition) is 2. The zero-order valence-electron chi connectivity index (χ0n) is 36.2. The van der Waals surface area contributed by atoms with Gasteiger partial charge in [0, 0.05) is 22.3 Å². The predicted molar refractivity (Wildman–Crippen MR) is 279 cm³/mol. The maximum Gasteiger partial charge on any atom is 0.145 e. The number of para-hydroxylation sites is 1. The highest BCUT2D eigenvalue weighted by atomic mass is 16.3. The fourth-order valence-corrected chi connectivity index (χ4v) is 9.57. The highest BCUT2D eigenvalue weighted by Gasteiger charge is 2.22. The molecule has 1 heterocycles. The van der Waals surface area contributed by atoms with Crippen molar-refractivity contribution >= 4 is 49.8 Å². The summed E-state index contributed by atoms with van der Waals surface area (Å²) in [6.45, 7) is 0. The Hall–Kier alpha value is -8.72. The Bertz CT molecular complexity index is 3660. The Morgan fingerprint density at radius 1 is 0.273 bits per heavy atom. The number of hydrogen-bond donors (Lipinski definition) is 0. The quantitative estimate of drug-likeness (QED) is 0.144. The monoisotopic (exact) mass is 841 g/mol. The molecule has 0 unspecified atom stereocenters. The summed E-state index contributed by atoms with van der Waals surface area (Å²) in [5.74, 6) is 0. The van der Waals surface area contributed by atoms with E-state index in [1.54, 1.807) is 0 Å². The van der Waals surface area contributed by atoms with Crippen molar-refractivity contribution in [2.24, 2.45) is 0 Å². The Labute approximate surface area is 384 Å². The van der Waals surface area contributed by atoms with E-state index < -0.39 is 0 Å². The minimum absolute atomic E-state index is 0.864. The molecule has 12 rings (SSSR count). The number of anilines is 3. The van der Waals surface area contributed by atoms with Gasteiger partial charge in [-0.3, -0.25) is 0 Å². The smallest absolute Gasteiger partial charge is 0.145 e. The molecular formula is C64H43NO. The molecule has 0 aliphatic rings. The molecule has 0 fully saturated rings. The van der Waals surface area contributed by atoms with Crippen LogP contribution in [0.15, 0.2) is 265 Å². The van der Waals surface area contributed by atoms with Crippen LogP contribution in [0, 0.1) is 0 Å². The average Bonchev–Trinajstić information content (AvgIpc) is 3.80. The first kappa shape index (κ1) is 38.9. The molecule has 0 N–H and O–H groups in total. The van der Waals surface area contributed by atoms with Gasteiger partial charge in [0.2, 0.25) is 0 Å². The van der Waals surface area contributed by atoms with Crippen molar-refractivity contribution < 1.29 is 4.42 Å². The summed E-state index contributed by atoms with van der Waals surface area (Å²) in [7, 11) is 0. The van der Waals surface area contributed by atoms with Crippen LogP contribution in [0.5, 0.6) is 0 Å². The van der Waals surface area contributed by atoms with Crippen LogP contribution in [0.4, 0.5) is 17.1 Å². The van der Waals surface area contributed by atoms with Crippen molar-refractivity contribution in [1.29, 1.82) is 0 Å². The van der Waals surface area contributed by atoms with Gasteiger partial charge in [-0.05, 0) is 127 Å². The van der Waals surface area contributed by atoms with Crippen LogP contribution in [0.3, 0.4) is 0 Å². The van der Waals surface area contributed by atoms with E-state index in [2.05, 4.69) is 260 Å². The van der Waals surface area contributed by atoms with E-state index in [-0.39, 0.29) is 0 Å². The number of rotatable bonds is 9. The van der Waals surface area contributed by atoms with Crippen LogP contribution in [0.25, 0.3) is 99.5 Å². The van der Waals surface area contributed by atoms with Gasteiger partial charge in [-0.15, -0.1) is 0 Å². The number of furan rings is 1. The third kappa shape index (κ3) is 7.21. The fourth-order valence-electron chi connectivity index (χ4n) is 9.57. The molecule has 0 amide bonds. The number of benzene rings is 11. The Morgan fingerprint density at radius 2 is 0.742 bits per heavy atom. The van der Waals surface area contributed by atoms with E-state index >= 15 is 0 Å². The van der Waals surface area contributed by atoms with Gasteiger partial charge in [0.25, 0.3) is 0 Å². The largest absolute Gasteiger partial charge is 0.455 e. The van der Waals surface area contributed by atoms with Gasteiger partial charge in [0.1, 0.15) is 11.2 Å². The van der Waals surface area contributed by atoms with E-state index in [4.69, 9.17) is 4.42 Å².